The standard InChI is InChI=1S/C27H23F2N3O2S/c28-20-9-11-21(12-10-20)30-13-15-31(16-14-30)26(33)18-32-23-7-3-4-8-24(23)35-25(27(32)34)17-19-5-1-2-6-22(19)29/h1-12,17H,13-16,18H2/b25-17-. The molecule has 0 spiro atoms. The second kappa shape index (κ2) is 9.92. The Morgan fingerprint density at radius 2 is 1.57 bits per heavy atom. The van der Waals surface area contributed by atoms with E-state index in [1.807, 2.05) is 24.3 Å². The molecule has 2 heterocycles. The topological polar surface area (TPSA) is 43.9 Å². The Hall–Kier alpha value is -3.65. The van der Waals surface area contributed by atoms with Gasteiger partial charge in [0.1, 0.15) is 18.2 Å². The molecule has 0 unspecified atom stereocenters. The van der Waals surface area contributed by atoms with Crippen molar-refractivity contribution in [1.29, 1.82) is 0 Å². The van der Waals surface area contributed by atoms with Crippen LogP contribution in [0.5, 0.6) is 0 Å². The number of rotatable bonds is 4. The lowest BCUT2D eigenvalue weighted by molar-refractivity contribution is -0.131. The van der Waals surface area contributed by atoms with Gasteiger partial charge in [-0.05, 0) is 48.5 Å². The van der Waals surface area contributed by atoms with E-state index >= 15 is 0 Å². The van der Waals surface area contributed by atoms with Crippen LogP contribution < -0.4 is 9.80 Å². The number of hydrogen-bond acceptors (Lipinski definition) is 4. The first-order valence-corrected chi connectivity index (χ1v) is 12.1. The van der Waals surface area contributed by atoms with Gasteiger partial charge >= 0.3 is 0 Å². The van der Waals surface area contributed by atoms with Crippen LogP contribution in [0.3, 0.4) is 0 Å². The van der Waals surface area contributed by atoms with Gasteiger partial charge in [-0.1, -0.05) is 42.1 Å². The maximum absolute atomic E-state index is 14.2. The number of nitrogens with zero attached hydrogens (tertiary/aromatic N) is 3. The zero-order chi connectivity index (χ0) is 24.4. The molecule has 0 N–H and O–H groups in total. The second-order valence-corrected chi connectivity index (χ2v) is 9.42. The van der Waals surface area contributed by atoms with Crippen molar-refractivity contribution in [1.82, 2.24) is 4.90 Å². The molecule has 35 heavy (non-hydrogen) atoms. The molecular weight excluding hydrogens is 468 g/mol. The molecule has 0 saturated carbocycles. The van der Waals surface area contributed by atoms with Crippen molar-refractivity contribution in [2.45, 2.75) is 4.90 Å². The molecule has 178 valence electrons. The third-order valence-corrected chi connectivity index (χ3v) is 7.22. The molecule has 2 aliphatic rings. The maximum Gasteiger partial charge on any atom is 0.265 e. The summed E-state index contributed by atoms with van der Waals surface area (Å²) in [7, 11) is 0. The van der Waals surface area contributed by atoms with Gasteiger partial charge in [0.15, 0.2) is 0 Å². The highest BCUT2D eigenvalue weighted by Crippen LogP contribution is 2.42. The molecule has 5 nitrogen and oxygen atoms in total. The largest absolute Gasteiger partial charge is 0.368 e. The summed E-state index contributed by atoms with van der Waals surface area (Å²) < 4.78 is 27.5. The number of amides is 2. The van der Waals surface area contributed by atoms with Crippen molar-refractivity contribution in [3.8, 4) is 0 Å². The normalized spacial score (nSPS) is 17.0. The van der Waals surface area contributed by atoms with Crippen LogP contribution in [0.4, 0.5) is 20.2 Å². The van der Waals surface area contributed by atoms with E-state index in [2.05, 4.69) is 4.90 Å². The molecule has 2 amide bonds. The quantitative estimate of drug-likeness (QED) is 0.492. The molecule has 0 aliphatic carbocycles. The van der Waals surface area contributed by atoms with Crippen LogP contribution in [0, 0.1) is 11.6 Å². The minimum absolute atomic E-state index is 0.0957. The fourth-order valence-electron chi connectivity index (χ4n) is 4.25. The third kappa shape index (κ3) is 4.93. The summed E-state index contributed by atoms with van der Waals surface area (Å²) in [5, 5.41) is 0. The van der Waals surface area contributed by atoms with Crippen molar-refractivity contribution >= 4 is 41.0 Å². The minimum atomic E-state index is -0.408. The van der Waals surface area contributed by atoms with Crippen LogP contribution in [0.1, 0.15) is 5.56 Å². The number of para-hydroxylation sites is 1. The highest BCUT2D eigenvalue weighted by molar-refractivity contribution is 8.04. The summed E-state index contributed by atoms with van der Waals surface area (Å²) >= 11 is 1.28. The fraction of sp³-hybridized carbons (Fsp3) is 0.185. The number of benzene rings is 3. The van der Waals surface area contributed by atoms with Gasteiger partial charge in [-0.3, -0.25) is 14.5 Å². The summed E-state index contributed by atoms with van der Waals surface area (Å²) in [6, 6.07) is 20.0. The Morgan fingerprint density at radius 3 is 2.31 bits per heavy atom. The van der Waals surface area contributed by atoms with E-state index in [9.17, 15) is 18.4 Å². The summed E-state index contributed by atoms with van der Waals surface area (Å²) in [6.07, 6.45) is 1.54. The Bertz CT molecular complexity index is 1290. The van der Waals surface area contributed by atoms with Crippen molar-refractivity contribution in [3.63, 3.8) is 0 Å². The van der Waals surface area contributed by atoms with Crippen LogP contribution in [0.15, 0.2) is 82.6 Å². The van der Waals surface area contributed by atoms with E-state index < -0.39 is 5.82 Å². The lowest BCUT2D eigenvalue weighted by Gasteiger charge is -2.37. The zero-order valence-corrected chi connectivity index (χ0v) is 19.7. The van der Waals surface area contributed by atoms with Gasteiger partial charge in [0.2, 0.25) is 5.91 Å². The number of piperazine rings is 1. The first-order chi connectivity index (χ1) is 17.0. The van der Waals surface area contributed by atoms with Crippen molar-refractivity contribution in [2.75, 3.05) is 42.5 Å². The van der Waals surface area contributed by atoms with Gasteiger partial charge in [0.25, 0.3) is 5.91 Å². The lowest BCUT2D eigenvalue weighted by atomic mass is 10.2. The highest BCUT2D eigenvalue weighted by atomic mass is 32.2. The van der Waals surface area contributed by atoms with Crippen molar-refractivity contribution < 1.29 is 18.4 Å². The molecule has 5 rings (SSSR count). The Balaban J connectivity index is 1.32. The fourth-order valence-corrected chi connectivity index (χ4v) is 5.30. The van der Waals surface area contributed by atoms with Crippen molar-refractivity contribution in [2.24, 2.45) is 0 Å². The number of anilines is 2. The molecule has 2 aliphatic heterocycles. The van der Waals surface area contributed by atoms with Gasteiger partial charge in [0, 0.05) is 42.3 Å². The third-order valence-electron chi connectivity index (χ3n) is 6.14. The van der Waals surface area contributed by atoms with Crippen LogP contribution in [-0.2, 0) is 9.59 Å². The Morgan fingerprint density at radius 1 is 0.886 bits per heavy atom. The van der Waals surface area contributed by atoms with Gasteiger partial charge in [0.05, 0.1) is 10.6 Å². The molecule has 1 saturated heterocycles. The SMILES string of the molecule is O=C(CN1C(=O)/C(=C/c2ccccc2F)Sc2ccccc21)N1CCN(c2ccc(F)cc2)CC1. The Kier molecular flexibility index (Phi) is 6.55. The van der Waals surface area contributed by atoms with E-state index in [-0.39, 0.29) is 24.2 Å². The van der Waals surface area contributed by atoms with Gasteiger partial charge in [-0.15, -0.1) is 0 Å². The molecule has 1 fully saturated rings. The Labute approximate surface area is 206 Å². The number of thioether (sulfide) groups is 1. The van der Waals surface area contributed by atoms with Gasteiger partial charge in [-0.25, -0.2) is 8.78 Å². The van der Waals surface area contributed by atoms with E-state index in [4.69, 9.17) is 0 Å². The second-order valence-electron chi connectivity index (χ2n) is 8.34. The van der Waals surface area contributed by atoms with Gasteiger partial charge in [-0.2, -0.15) is 0 Å². The summed E-state index contributed by atoms with van der Waals surface area (Å²) in [4.78, 5) is 33.1. The number of fused-ring (bicyclic) bond motifs is 1. The molecule has 0 bridgehead atoms. The van der Waals surface area contributed by atoms with Crippen LogP contribution >= 0.6 is 11.8 Å². The highest BCUT2D eigenvalue weighted by Gasteiger charge is 2.32. The van der Waals surface area contributed by atoms with E-state index in [0.29, 0.717) is 42.3 Å². The molecule has 3 aromatic carbocycles. The summed E-state index contributed by atoms with van der Waals surface area (Å²) in [6.45, 7) is 2.16. The predicted molar refractivity (Wildman–Crippen MR) is 134 cm³/mol. The number of carbonyl (C=O) groups is 2. The van der Waals surface area contributed by atoms with Gasteiger partial charge < -0.3 is 9.80 Å². The molecule has 0 aromatic heterocycles. The van der Waals surface area contributed by atoms with Crippen LogP contribution in [0.2, 0.25) is 0 Å². The van der Waals surface area contributed by atoms with E-state index in [1.54, 1.807) is 35.2 Å². The molecular formula is C27H23F2N3O2S. The average molecular weight is 492 g/mol. The van der Waals surface area contributed by atoms with Crippen LogP contribution in [-0.4, -0.2) is 49.4 Å². The molecule has 8 heteroatoms. The zero-order valence-electron chi connectivity index (χ0n) is 18.9. The number of carbonyl (C=O) groups excluding carboxylic acids is 2. The monoisotopic (exact) mass is 491 g/mol. The van der Waals surface area contributed by atoms with E-state index in [0.717, 1.165) is 10.6 Å². The van der Waals surface area contributed by atoms with Crippen molar-refractivity contribution in [3.05, 3.63) is 94.9 Å². The molecule has 0 radical (unpaired) electrons. The average Bonchev–Trinajstić information content (AvgIpc) is 2.88. The van der Waals surface area contributed by atoms with Crippen LogP contribution in [0.25, 0.3) is 6.08 Å². The maximum atomic E-state index is 14.2. The number of halogens is 2. The first-order valence-electron chi connectivity index (χ1n) is 11.3. The minimum Gasteiger partial charge on any atom is -0.368 e. The summed E-state index contributed by atoms with van der Waals surface area (Å²) in [5.74, 6) is -1.16. The predicted octanol–water partition coefficient (Wildman–Crippen LogP) is 4.79. The lowest BCUT2D eigenvalue weighted by Crippen LogP contribution is -2.52. The molecule has 0 atom stereocenters. The smallest absolute Gasteiger partial charge is 0.265 e. The number of hydrogen-bond donors (Lipinski definition) is 0. The summed E-state index contributed by atoms with van der Waals surface area (Å²) in [5.41, 5.74) is 1.91. The molecule has 3 aromatic rings. The van der Waals surface area contributed by atoms with E-state index in [1.165, 1.54) is 40.9 Å². The first kappa shape index (κ1) is 23.1.